The van der Waals surface area contributed by atoms with E-state index in [1.165, 1.54) is 12.1 Å². The zero-order chi connectivity index (χ0) is 21.3. The van der Waals surface area contributed by atoms with Gasteiger partial charge in [-0.2, -0.15) is 0 Å². The molecule has 0 aliphatic carbocycles. The predicted octanol–water partition coefficient (Wildman–Crippen LogP) is 1.82. The number of hydrogen-bond acceptors (Lipinski definition) is 7. The van der Waals surface area contributed by atoms with Crippen LogP contribution in [-0.2, 0) is 15.6 Å². The van der Waals surface area contributed by atoms with Crippen LogP contribution in [0.3, 0.4) is 0 Å². The summed E-state index contributed by atoms with van der Waals surface area (Å²) in [6, 6.07) is 11.4. The first-order valence-electron chi connectivity index (χ1n) is 9.00. The molecule has 0 spiro atoms. The van der Waals surface area contributed by atoms with Gasteiger partial charge in [0.05, 0.1) is 5.75 Å². The van der Waals surface area contributed by atoms with Gasteiger partial charge in [-0.15, -0.1) is 0 Å². The number of ether oxygens (including phenoxy) is 2. The number of amides is 2. The zero-order valence-corrected chi connectivity index (χ0v) is 16.7. The topological polar surface area (TPSA) is 124 Å². The predicted molar refractivity (Wildman–Crippen MR) is 107 cm³/mol. The Morgan fingerprint density at radius 3 is 2.43 bits per heavy atom. The largest absolute Gasteiger partial charge is 0.486 e. The molecule has 156 valence electrons. The van der Waals surface area contributed by atoms with E-state index in [9.17, 15) is 18.0 Å². The minimum absolute atomic E-state index is 0.177. The third-order valence-electron chi connectivity index (χ3n) is 4.40. The van der Waals surface area contributed by atoms with Crippen molar-refractivity contribution < 1.29 is 31.9 Å². The van der Waals surface area contributed by atoms with Crippen molar-refractivity contribution >= 4 is 32.6 Å². The number of carbonyl (C=O) groups is 2. The summed E-state index contributed by atoms with van der Waals surface area (Å²) >= 11 is 0. The summed E-state index contributed by atoms with van der Waals surface area (Å²) < 4.78 is 40.0. The Kier molecular flexibility index (Phi) is 5.08. The molecule has 0 radical (unpaired) electrons. The molecule has 1 aliphatic heterocycles. The Morgan fingerprint density at radius 1 is 0.967 bits per heavy atom. The smallest absolute Gasteiger partial charge is 0.305 e. The normalized spacial score (nSPS) is 13.1. The fourth-order valence-electron chi connectivity index (χ4n) is 3.11. The molecule has 1 aliphatic rings. The van der Waals surface area contributed by atoms with E-state index >= 15 is 0 Å². The number of hydrazine groups is 1. The van der Waals surface area contributed by atoms with Crippen molar-refractivity contribution in [2.45, 2.75) is 5.75 Å². The van der Waals surface area contributed by atoms with Gasteiger partial charge in [0.15, 0.2) is 27.1 Å². The lowest BCUT2D eigenvalue weighted by atomic mass is 10.1. The lowest BCUT2D eigenvalue weighted by molar-refractivity contribution is 0.0831. The van der Waals surface area contributed by atoms with Crippen LogP contribution < -0.4 is 20.3 Å². The first-order chi connectivity index (χ1) is 14.3. The van der Waals surface area contributed by atoms with Gasteiger partial charge in [0.25, 0.3) is 5.91 Å². The second-order valence-electron chi connectivity index (χ2n) is 6.74. The minimum atomic E-state index is -3.43. The summed E-state index contributed by atoms with van der Waals surface area (Å²) in [6.45, 7) is 0.811. The Bertz CT molecular complexity index is 1250. The summed E-state index contributed by atoms with van der Waals surface area (Å²) in [6.07, 6.45) is 1.07. The van der Waals surface area contributed by atoms with E-state index < -0.39 is 21.7 Å². The number of sulfone groups is 1. The molecular formula is C20H18N2O7S. The van der Waals surface area contributed by atoms with Crippen molar-refractivity contribution in [2.75, 3.05) is 19.5 Å². The molecule has 1 aromatic heterocycles. The Balaban J connectivity index is 1.53. The van der Waals surface area contributed by atoms with E-state index in [-0.39, 0.29) is 22.6 Å². The summed E-state index contributed by atoms with van der Waals surface area (Å²) in [5.74, 6) is -0.925. The van der Waals surface area contributed by atoms with Crippen LogP contribution in [0.2, 0.25) is 0 Å². The van der Waals surface area contributed by atoms with E-state index in [0.717, 1.165) is 6.26 Å². The zero-order valence-electron chi connectivity index (χ0n) is 15.9. The third kappa shape index (κ3) is 4.08. The molecule has 10 heteroatoms. The molecule has 4 rings (SSSR count). The molecule has 3 aromatic rings. The van der Waals surface area contributed by atoms with Crippen LogP contribution >= 0.6 is 0 Å². The van der Waals surface area contributed by atoms with Gasteiger partial charge >= 0.3 is 5.91 Å². The second kappa shape index (κ2) is 7.71. The fourth-order valence-corrected chi connectivity index (χ4v) is 3.93. The van der Waals surface area contributed by atoms with Crippen molar-refractivity contribution in [3.63, 3.8) is 0 Å². The van der Waals surface area contributed by atoms with Gasteiger partial charge in [0, 0.05) is 22.8 Å². The molecule has 0 saturated carbocycles. The van der Waals surface area contributed by atoms with Gasteiger partial charge < -0.3 is 13.9 Å². The van der Waals surface area contributed by atoms with Crippen molar-refractivity contribution in [2.24, 2.45) is 0 Å². The highest BCUT2D eigenvalue weighted by Crippen LogP contribution is 2.31. The first kappa shape index (κ1) is 19.8. The number of fused-ring (bicyclic) bond motifs is 2. The van der Waals surface area contributed by atoms with Crippen LogP contribution in [-0.4, -0.2) is 39.7 Å². The second-order valence-corrected chi connectivity index (χ2v) is 8.88. The molecule has 0 bridgehead atoms. The summed E-state index contributed by atoms with van der Waals surface area (Å²) in [5, 5.41) is 0.520. The van der Waals surface area contributed by atoms with E-state index in [1.54, 1.807) is 30.3 Å². The van der Waals surface area contributed by atoms with Crippen LogP contribution in [0.25, 0.3) is 11.0 Å². The molecule has 0 fully saturated rings. The maximum atomic E-state index is 12.6. The average Bonchev–Trinajstić information content (AvgIpc) is 3.08. The lowest BCUT2D eigenvalue weighted by Crippen LogP contribution is -2.41. The summed E-state index contributed by atoms with van der Waals surface area (Å²) in [7, 11) is -3.43. The number of para-hydroxylation sites is 1. The molecule has 0 atom stereocenters. The van der Waals surface area contributed by atoms with Crippen LogP contribution in [0.5, 0.6) is 11.5 Å². The molecule has 9 nitrogen and oxygen atoms in total. The van der Waals surface area contributed by atoms with Gasteiger partial charge in [-0.3, -0.25) is 20.4 Å². The van der Waals surface area contributed by atoms with Gasteiger partial charge in [0.2, 0.25) is 0 Å². The van der Waals surface area contributed by atoms with Crippen LogP contribution in [0.4, 0.5) is 0 Å². The average molecular weight is 430 g/mol. The van der Waals surface area contributed by atoms with Crippen molar-refractivity contribution in [1.82, 2.24) is 10.9 Å². The highest BCUT2D eigenvalue weighted by atomic mass is 32.2. The molecule has 2 heterocycles. The van der Waals surface area contributed by atoms with E-state index in [0.29, 0.717) is 35.7 Å². The van der Waals surface area contributed by atoms with E-state index in [1.807, 2.05) is 0 Å². The number of rotatable bonds is 4. The standard InChI is InChI=1S/C20H18N2O7S/c1-30(25,26)11-14-13-4-2-3-5-15(13)29-18(14)20(24)22-21-19(23)12-6-7-16-17(10-12)28-9-8-27-16/h2-7,10H,8-9,11H2,1H3,(H,21,23)(H,22,24). The maximum Gasteiger partial charge on any atom is 0.305 e. The SMILES string of the molecule is CS(=O)(=O)Cc1c(C(=O)NNC(=O)c2ccc3c(c2)OCCO3)oc2ccccc12. The van der Waals surface area contributed by atoms with Crippen LogP contribution in [0, 0.1) is 0 Å². The van der Waals surface area contributed by atoms with Gasteiger partial charge in [-0.05, 0) is 24.3 Å². The minimum Gasteiger partial charge on any atom is -0.486 e. The van der Waals surface area contributed by atoms with Crippen molar-refractivity contribution in [3.05, 3.63) is 59.4 Å². The van der Waals surface area contributed by atoms with Crippen LogP contribution in [0.1, 0.15) is 26.5 Å². The number of benzene rings is 2. The van der Waals surface area contributed by atoms with Gasteiger partial charge in [0.1, 0.15) is 18.8 Å². The Morgan fingerprint density at radius 2 is 1.67 bits per heavy atom. The molecule has 30 heavy (non-hydrogen) atoms. The number of furan rings is 1. The Labute approximate surface area is 171 Å². The van der Waals surface area contributed by atoms with E-state index in [4.69, 9.17) is 13.9 Å². The highest BCUT2D eigenvalue weighted by molar-refractivity contribution is 7.89. The molecule has 2 aromatic carbocycles. The monoisotopic (exact) mass is 430 g/mol. The molecule has 0 unspecified atom stereocenters. The van der Waals surface area contributed by atoms with Gasteiger partial charge in [-0.1, -0.05) is 18.2 Å². The molecule has 2 amide bonds. The number of carbonyl (C=O) groups excluding carboxylic acids is 2. The fraction of sp³-hybridized carbons (Fsp3) is 0.200. The Hall–Kier alpha value is -3.53. The van der Waals surface area contributed by atoms with Crippen molar-refractivity contribution in [3.8, 4) is 11.5 Å². The highest BCUT2D eigenvalue weighted by Gasteiger charge is 2.24. The lowest BCUT2D eigenvalue weighted by Gasteiger charge is -2.18. The third-order valence-corrected chi connectivity index (χ3v) is 5.22. The summed E-state index contributed by atoms with van der Waals surface area (Å²) in [4.78, 5) is 25.0. The summed E-state index contributed by atoms with van der Waals surface area (Å²) in [5.41, 5.74) is 5.42. The van der Waals surface area contributed by atoms with Gasteiger partial charge in [-0.25, -0.2) is 8.42 Å². The van der Waals surface area contributed by atoms with E-state index in [2.05, 4.69) is 10.9 Å². The number of hydrogen-bond donors (Lipinski definition) is 2. The number of nitrogens with one attached hydrogen (secondary N) is 2. The first-order valence-corrected chi connectivity index (χ1v) is 11.1. The quantitative estimate of drug-likeness (QED) is 0.605. The van der Waals surface area contributed by atoms with Crippen LogP contribution in [0.15, 0.2) is 46.9 Å². The maximum absolute atomic E-state index is 12.6. The molecule has 2 N–H and O–H groups in total. The van der Waals surface area contributed by atoms with Crippen molar-refractivity contribution in [1.29, 1.82) is 0 Å². The molecular weight excluding hydrogens is 412 g/mol. The molecule has 0 saturated heterocycles.